The monoisotopic (exact) mass is 362 g/mol. The van der Waals surface area contributed by atoms with Crippen molar-refractivity contribution in [3.8, 4) is 5.69 Å². The molecule has 138 valence electrons. The van der Waals surface area contributed by atoms with Gasteiger partial charge in [0.1, 0.15) is 17.2 Å². The second kappa shape index (κ2) is 7.23. The van der Waals surface area contributed by atoms with E-state index in [1.165, 1.54) is 12.8 Å². The van der Waals surface area contributed by atoms with Gasteiger partial charge in [0.15, 0.2) is 0 Å². The first-order chi connectivity index (χ1) is 13.1. The van der Waals surface area contributed by atoms with Gasteiger partial charge < -0.3 is 10.4 Å². The third-order valence-electron chi connectivity index (χ3n) is 5.13. The lowest BCUT2D eigenvalue weighted by molar-refractivity contribution is 0.0697. The molecular weight excluding hydrogens is 340 g/mol. The molecule has 2 N–H and O–H groups in total. The molecule has 0 atom stereocenters. The normalized spacial score (nSPS) is 14.4. The number of para-hydroxylation sites is 1. The number of carboxylic acid groups (broad SMARTS) is 1. The van der Waals surface area contributed by atoms with Crippen LogP contribution in [-0.2, 0) is 0 Å². The Balaban J connectivity index is 1.79. The quantitative estimate of drug-likeness (QED) is 0.689. The van der Waals surface area contributed by atoms with E-state index in [9.17, 15) is 9.90 Å². The number of hydrogen-bond acceptors (Lipinski definition) is 4. The molecular formula is C21H22N4O2. The molecule has 1 aliphatic rings. The minimum Gasteiger partial charge on any atom is -0.478 e. The van der Waals surface area contributed by atoms with Crippen LogP contribution in [0, 0.1) is 6.92 Å². The second-order valence-electron chi connectivity index (χ2n) is 6.96. The number of nitrogens with zero attached hydrogens (tertiary/aromatic N) is 3. The third kappa shape index (κ3) is 3.43. The first kappa shape index (κ1) is 17.3. The number of anilines is 2. The van der Waals surface area contributed by atoms with Crippen LogP contribution in [-0.4, -0.2) is 25.8 Å². The van der Waals surface area contributed by atoms with E-state index in [1.807, 2.05) is 41.9 Å². The highest BCUT2D eigenvalue weighted by atomic mass is 16.4. The van der Waals surface area contributed by atoms with E-state index in [1.54, 1.807) is 18.3 Å². The van der Waals surface area contributed by atoms with Gasteiger partial charge in [0.25, 0.3) is 0 Å². The highest BCUT2D eigenvalue weighted by Gasteiger charge is 2.23. The predicted octanol–water partition coefficient (Wildman–Crippen LogP) is 4.68. The maximum atomic E-state index is 11.5. The lowest BCUT2D eigenvalue weighted by Crippen LogP contribution is -2.08. The van der Waals surface area contributed by atoms with E-state index in [4.69, 9.17) is 5.10 Å². The number of nitrogens with one attached hydrogen (secondary N) is 1. The average molecular weight is 362 g/mol. The summed E-state index contributed by atoms with van der Waals surface area (Å²) in [6.45, 7) is 2.04. The number of pyridine rings is 1. The Labute approximate surface area is 157 Å². The van der Waals surface area contributed by atoms with Crippen molar-refractivity contribution in [2.24, 2.45) is 0 Å². The fourth-order valence-electron chi connectivity index (χ4n) is 3.69. The summed E-state index contributed by atoms with van der Waals surface area (Å²) in [5, 5.41) is 17.5. The number of aromatic nitrogens is 3. The largest absolute Gasteiger partial charge is 0.478 e. The van der Waals surface area contributed by atoms with Gasteiger partial charge in [0.05, 0.1) is 11.4 Å². The zero-order chi connectivity index (χ0) is 18.8. The van der Waals surface area contributed by atoms with Crippen molar-refractivity contribution in [3.05, 3.63) is 65.5 Å². The molecule has 1 fully saturated rings. The van der Waals surface area contributed by atoms with E-state index in [0.717, 1.165) is 35.6 Å². The Morgan fingerprint density at radius 1 is 1.19 bits per heavy atom. The number of aryl methyl sites for hydroxylation is 1. The van der Waals surface area contributed by atoms with Crippen LogP contribution >= 0.6 is 0 Å². The van der Waals surface area contributed by atoms with Crippen molar-refractivity contribution >= 4 is 17.6 Å². The van der Waals surface area contributed by atoms with Gasteiger partial charge in [-0.2, -0.15) is 5.10 Å². The van der Waals surface area contributed by atoms with Gasteiger partial charge in [-0.3, -0.25) is 0 Å². The summed E-state index contributed by atoms with van der Waals surface area (Å²) < 4.78 is 1.86. The van der Waals surface area contributed by atoms with E-state index in [0.29, 0.717) is 11.7 Å². The molecule has 0 spiro atoms. The maximum absolute atomic E-state index is 11.5. The van der Waals surface area contributed by atoms with Gasteiger partial charge in [-0.25, -0.2) is 14.5 Å². The predicted molar refractivity (Wildman–Crippen MR) is 104 cm³/mol. The summed E-state index contributed by atoms with van der Waals surface area (Å²) in [4.78, 5) is 15.8. The van der Waals surface area contributed by atoms with Crippen LogP contribution < -0.4 is 5.32 Å². The Morgan fingerprint density at radius 2 is 1.96 bits per heavy atom. The molecule has 0 unspecified atom stereocenters. The first-order valence-corrected chi connectivity index (χ1v) is 9.25. The van der Waals surface area contributed by atoms with Gasteiger partial charge in [0.2, 0.25) is 0 Å². The number of hydrogen-bond donors (Lipinski definition) is 2. The van der Waals surface area contributed by atoms with Crippen LogP contribution in [0.1, 0.15) is 53.2 Å². The number of carboxylic acids is 1. The SMILES string of the molecule is Cc1ccccc1-n1nc(C2CCCC2)cc1Nc1ncccc1C(=O)O. The van der Waals surface area contributed by atoms with Gasteiger partial charge >= 0.3 is 5.97 Å². The number of carbonyl (C=O) groups is 1. The first-order valence-electron chi connectivity index (χ1n) is 9.25. The molecule has 6 heteroatoms. The van der Waals surface area contributed by atoms with Crippen LogP contribution in [0.3, 0.4) is 0 Å². The minimum atomic E-state index is -1.01. The van der Waals surface area contributed by atoms with Crippen molar-refractivity contribution in [3.63, 3.8) is 0 Å². The summed E-state index contributed by atoms with van der Waals surface area (Å²) in [5.74, 6) is 0.493. The topological polar surface area (TPSA) is 80.0 Å². The van der Waals surface area contributed by atoms with Crippen LogP contribution in [0.15, 0.2) is 48.7 Å². The molecule has 2 heterocycles. The lowest BCUT2D eigenvalue weighted by Gasteiger charge is -2.12. The van der Waals surface area contributed by atoms with Crippen LogP contribution in [0.25, 0.3) is 5.69 Å². The Bertz CT molecular complexity index is 974. The van der Waals surface area contributed by atoms with Crippen molar-refractivity contribution in [1.29, 1.82) is 0 Å². The van der Waals surface area contributed by atoms with Crippen molar-refractivity contribution < 1.29 is 9.90 Å². The van der Waals surface area contributed by atoms with Crippen LogP contribution in [0.4, 0.5) is 11.6 Å². The van der Waals surface area contributed by atoms with Gasteiger partial charge in [-0.15, -0.1) is 0 Å². The molecule has 2 aromatic heterocycles. The molecule has 4 rings (SSSR count). The molecule has 1 aromatic carbocycles. The molecule has 1 aliphatic carbocycles. The standard InChI is InChI=1S/C21H22N4O2/c1-14-7-2-5-11-18(14)25-19(13-17(24-25)15-8-3-4-9-15)23-20-16(21(26)27)10-6-12-22-20/h2,5-7,10-13,15H,3-4,8-9H2,1H3,(H,22,23)(H,26,27). The molecule has 6 nitrogen and oxygen atoms in total. The second-order valence-corrected chi connectivity index (χ2v) is 6.96. The summed E-state index contributed by atoms with van der Waals surface area (Å²) >= 11 is 0. The smallest absolute Gasteiger partial charge is 0.339 e. The zero-order valence-corrected chi connectivity index (χ0v) is 15.2. The molecule has 0 bridgehead atoms. The number of benzene rings is 1. The maximum Gasteiger partial charge on any atom is 0.339 e. The Hall–Kier alpha value is -3.15. The van der Waals surface area contributed by atoms with Crippen molar-refractivity contribution in [2.45, 2.75) is 38.5 Å². The molecule has 0 aliphatic heterocycles. The molecule has 1 saturated carbocycles. The molecule has 3 aromatic rings. The molecule has 0 radical (unpaired) electrons. The summed E-state index contributed by atoms with van der Waals surface area (Å²) in [5.41, 5.74) is 3.25. The average Bonchev–Trinajstić information content (AvgIpc) is 3.32. The highest BCUT2D eigenvalue weighted by Crippen LogP contribution is 2.36. The Kier molecular flexibility index (Phi) is 4.62. The van der Waals surface area contributed by atoms with E-state index < -0.39 is 5.97 Å². The van der Waals surface area contributed by atoms with Gasteiger partial charge in [-0.05, 0) is 43.5 Å². The summed E-state index contributed by atoms with van der Waals surface area (Å²) in [6.07, 6.45) is 6.34. The van der Waals surface area contributed by atoms with E-state index in [-0.39, 0.29) is 5.56 Å². The molecule has 0 amide bonds. The van der Waals surface area contributed by atoms with Crippen LogP contribution in [0.5, 0.6) is 0 Å². The zero-order valence-electron chi connectivity index (χ0n) is 15.2. The highest BCUT2D eigenvalue weighted by molar-refractivity contribution is 5.93. The molecule has 0 saturated heterocycles. The van der Waals surface area contributed by atoms with E-state index in [2.05, 4.69) is 10.3 Å². The number of aromatic carboxylic acids is 1. The third-order valence-corrected chi connectivity index (χ3v) is 5.13. The fourth-order valence-corrected chi connectivity index (χ4v) is 3.69. The summed E-state index contributed by atoms with van der Waals surface area (Å²) in [6, 6.07) is 13.2. The van der Waals surface area contributed by atoms with Crippen LogP contribution in [0.2, 0.25) is 0 Å². The van der Waals surface area contributed by atoms with Gasteiger partial charge in [0, 0.05) is 18.2 Å². The Morgan fingerprint density at radius 3 is 2.70 bits per heavy atom. The summed E-state index contributed by atoms with van der Waals surface area (Å²) in [7, 11) is 0. The molecule has 27 heavy (non-hydrogen) atoms. The lowest BCUT2D eigenvalue weighted by atomic mass is 10.0. The fraction of sp³-hybridized carbons (Fsp3) is 0.286. The minimum absolute atomic E-state index is 0.137. The van der Waals surface area contributed by atoms with Crippen molar-refractivity contribution in [2.75, 3.05) is 5.32 Å². The van der Waals surface area contributed by atoms with Gasteiger partial charge in [-0.1, -0.05) is 31.0 Å². The van der Waals surface area contributed by atoms with E-state index >= 15 is 0 Å². The number of rotatable bonds is 5. The van der Waals surface area contributed by atoms with Crippen molar-refractivity contribution in [1.82, 2.24) is 14.8 Å².